The molecule has 1 aliphatic heterocycles. The van der Waals surface area contributed by atoms with E-state index in [-0.39, 0.29) is 5.82 Å². The molecule has 0 amide bonds. The second-order valence-corrected chi connectivity index (χ2v) is 4.55. The number of benzene rings is 1. The van der Waals surface area contributed by atoms with Gasteiger partial charge in [0.2, 0.25) is 0 Å². The Morgan fingerprint density at radius 3 is 3.00 bits per heavy atom. The molecule has 2 nitrogen and oxygen atoms in total. The van der Waals surface area contributed by atoms with Crippen LogP contribution in [0.15, 0.2) is 30.5 Å². The minimum Gasteiger partial charge on any atom is -0.493 e. The summed E-state index contributed by atoms with van der Waals surface area (Å²) in [5.74, 6) is 0.466. The molecule has 0 aliphatic carbocycles. The topological polar surface area (TPSA) is 22.1 Å². The molecule has 3 rings (SSSR count). The van der Waals surface area contributed by atoms with Crippen molar-refractivity contribution >= 4 is 0 Å². The van der Waals surface area contributed by atoms with Gasteiger partial charge >= 0.3 is 0 Å². The highest BCUT2D eigenvalue weighted by molar-refractivity contribution is 5.73. The Balaban J connectivity index is 2.22. The van der Waals surface area contributed by atoms with Gasteiger partial charge in [0.05, 0.1) is 12.2 Å². The van der Waals surface area contributed by atoms with Gasteiger partial charge in [-0.05, 0) is 49.1 Å². The van der Waals surface area contributed by atoms with Gasteiger partial charge in [-0.3, -0.25) is 4.98 Å². The van der Waals surface area contributed by atoms with Crippen LogP contribution in [0.5, 0.6) is 5.75 Å². The molecule has 1 aromatic carbocycles. The predicted octanol–water partition coefficient (Wildman–Crippen LogP) is 3.52. The first-order valence-corrected chi connectivity index (χ1v) is 6.13. The van der Waals surface area contributed by atoms with E-state index in [0.717, 1.165) is 29.7 Å². The van der Waals surface area contributed by atoms with Crippen molar-refractivity contribution in [3.63, 3.8) is 0 Å². The van der Waals surface area contributed by atoms with Crippen molar-refractivity contribution in [3.8, 4) is 16.9 Å². The van der Waals surface area contributed by atoms with E-state index < -0.39 is 0 Å². The standard InChI is InChI=1S/C15H14FNO/c1-10-9-12(6-7-17-10)14-13(16)5-4-11-3-2-8-18-15(11)14/h4-7,9H,2-3,8H2,1H3. The van der Waals surface area contributed by atoms with Gasteiger partial charge in [-0.15, -0.1) is 0 Å². The Kier molecular flexibility index (Phi) is 2.74. The summed E-state index contributed by atoms with van der Waals surface area (Å²) >= 11 is 0. The van der Waals surface area contributed by atoms with Crippen LogP contribution in [0.1, 0.15) is 17.7 Å². The number of ether oxygens (including phenoxy) is 1. The van der Waals surface area contributed by atoms with E-state index in [2.05, 4.69) is 4.98 Å². The third-order valence-corrected chi connectivity index (χ3v) is 3.21. The van der Waals surface area contributed by atoms with Crippen LogP contribution in [-0.2, 0) is 6.42 Å². The molecular formula is C15H14FNO. The van der Waals surface area contributed by atoms with Crippen molar-refractivity contribution in [1.82, 2.24) is 4.98 Å². The average Bonchev–Trinajstić information content (AvgIpc) is 2.38. The van der Waals surface area contributed by atoms with Gasteiger partial charge in [0.15, 0.2) is 0 Å². The van der Waals surface area contributed by atoms with E-state index in [9.17, 15) is 4.39 Å². The fourth-order valence-corrected chi connectivity index (χ4v) is 2.37. The summed E-state index contributed by atoms with van der Waals surface area (Å²) in [6.45, 7) is 2.56. The molecule has 2 heterocycles. The average molecular weight is 243 g/mol. The number of hydrogen-bond donors (Lipinski definition) is 0. The Hall–Kier alpha value is -1.90. The second-order valence-electron chi connectivity index (χ2n) is 4.55. The molecule has 92 valence electrons. The second kappa shape index (κ2) is 4.41. The van der Waals surface area contributed by atoms with Gasteiger partial charge in [0.25, 0.3) is 0 Å². The molecule has 3 heteroatoms. The largest absolute Gasteiger partial charge is 0.493 e. The SMILES string of the molecule is Cc1cc(-c2c(F)ccc3c2OCCC3)ccn1. The van der Waals surface area contributed by atoms with E-state index in [4.69, 9.17) is 4.74 Å². The fraction of sp³-hybridized carbons (Fsp3) is 0.267. The minimum atomic E-state index is -0.235. The molecule has 0 fully saturated rings. The Morgan fingerprint density at radius 2 is 2.17 bits per heavy atom. The number of aryl methyl sites for hydroxylation is 2. The lowest BCUT2D eigenvalue weighted by Gasteiger charge is -2.21. The molecule has 0 saturated carbocycles. The summed E-state index contributed by atoms with van der Waals surface area (Å²) in [5.41, 5.74) is 3.36. The minimum absolute atomic E-state index is 0.235. The molecule has 1 aromatic heterocycles. The van der Waals surface area contributed by atoms with Crippen LogP contribution in [0, 0.1) is 12.7 Å². The van der Waals surface area contributed by atoms with Gasteiger partial charge in [0, 0.05) is 11.9 Å². The Labute approximate surface area is 105 Å². The van der Waals surface area contributed by atoms with E-state index >= 15 is 0 Å². The highest BCUT2D eigenvalue weighted by atomic mass is 19.1. The maximum Gasteiger partial charge on any atom is 0.134 e. The third kappa shape index (κ3) is 1.86. The van der Waals surface area contributed by atoms with E-state index in [1.165, 1.54) is 6.07 Å². The normalized spacial score (nSPS) is 13.9. The summed E-state index contributed by atoms with van der Waals surface area (Å²) < 4.78 is 19.8. The zero-order valence-corrected chi connectivity index (χ0v) is 10.2. The number of aromatic nitrogens is 1. The molecule has 2 aromatic rings. The molecular weight excluding hydrogens is 229 g/mol. The maximum absolute atomic E-state index is 14.1. The van der Waals surface area contributed by atoms with E-state index in [1.54, 1.807) is 6.20 Å². The Bertz CT molecular complexity index is 595. The number of hydrogen-bond acceptors (Lipinski definition) is 2. The smallest absolute Gasteiger partial charge is 0.134 e. The predicted molar refractivity (Wildman–Crippen MR) is 68.2 cm³/mol. The van der Waals surface area contributed by atoms with Crippen molar-refractivity contribution in [3.05, 3.63) is 47.5 Å². The highest BCUT2D eigenvalue weighted by Crippen LogP contribution is 2.38. The molecule has 0 spiro atoms. The number of fused-ring (bicyclic) bond motifs is 1. The van der Waals surface area contributed by atoms with Crippen molar-refractivity contribution in [2.75, 3.05) is 6.61 Å². The molecule has 0 N–H and O–H groups in total. The van der Waals surface area contributed by atoms with Crippen LogP contribution < -0.4 is 4.74 Å². The highest BCUT2D eigenvalue weighted by Gasteiger charge is 2.19. The van der Waals surface area contributed by atoms with Crippen LogP contribution >= 0.6 is 0 Å². The van der Waals surface area contributed by atoms with Crippen LogP contribution in [0.4, 0.5) is 4.39 Å². The molecule has 1 aliphatic rings. The van der Waals surface area contributed by atoms with Crippen LogP contribution in [0.3, 0.4) is 0 Å². The van der Waals surface area contributed by atoms with Gasteiger partial charge in [-0.1, -0.05) is 6.07 Å². The lowest BCUT2D eigenvalue weighted by atomic mass is 9.97. The number of rotatable bonds is 1. The first kappa shape index (κ1) is 11.2. The molecule has 0 atom stereocenters. The quantitative estimate of drug-likeness (QED) is 0.764. The van der Waals surface area contributed by atoms with Crippen molar-refractivity contribution < 1.29 is 9.13 Å². The van der Waals surface area contributed by atoms with Gasteiger partial charge in [-0.25, -0.2) is 4.39 Å². The van der Waals surface area contributed by atoms with Crippen LogP contribution in [0.25, 0.3) is 11.1 Å². The number of halogens is 1. The van der Waals surface area contributed by atoms with Gasteiger partial charge in [-0.2, -0.15) is 0 Å². The summed E-state index contributed by atoms with van der Waals surface area (Å²) in [5, 5.41) is 0. The molecule has 0 unspecified atom stereocenters. The summed E-state index contributed by atoms with van der Waals surface area (Å²) in [7, 11) is 0. The Morgan fingerprint density at radius 1 is 1.28 bits per heavy atom. The van der Waals surface area contributed by atoms with Gasteiger partial charge in [0.1, 0.15) is 11.6 Å². The molecule has 18 heavy (non-hydrogen) atoms. The zero-order chi connectivity index (χ0) is 12.5. The third-order valence-electron chi connectivity index (χ3n) is 3.21. The first-order chi connectivity index (χ1) is 8.75. The van der Waals surface area contributed by atoms with Crippen molar-refractivity contribution in [1.29, 1.82) is 0 Å². The monoisotopic (exact) mass is 243 g/mol. The fourth-order valence-electron chi connectivity index (χ4n) is 2.37. The zero-order valence-electron chi connectivity index (χ0n) is 10.2. The van der Waals surface area contributed by atoms with Crippen molar-refractivity contribution in [2.45, 2.75) is 19.8 Å². The number of nitrogens with zero attached hydrogens (tertiary/aromatic N) is 1. The van der Waals surface area contributed by atoms with E-state index in [1.807, 2.05) is 25.1 Å². The lowest BCUT2D eigenvalue weighted by molar-refractivity contribution is 0.288. The van der Waals surface area contributed by atoms with Crippen LogP contribution in [-0.4, -0.2) is 11.6 Å². The molecule has 0 radical (unpaired) electrons. The van der Waals surface area contributed by atoms with Crippen LogP contribution in [0.2, 0.25) is 0 Å². The lowest BCUT2D eigenvalue weighted by Crippen LogP contribution is -2.10. The molecule has 0 bridgehead atoms. The number of pyridine rings is 1. The summed E-state index contributed by atoms with van der Waals surface area (Å²) in [4.78, 5) is 4.14. The summed E-state index contributed by atoms with van der Waals surface area (Å²) in [6, 6.07) is 7.06. The first-order valence-electron chi connectivity index (χ1n) is 6.13. The van der Waals surface area contributed by atoms with Gasteiger partial charge < -0.3 is 4.74 Å². The van der Waals surface area contributed by atoms with E-state index in [0.29, 0.717) is 17.9 Å². The summed E-state index contributed by atoms with van der Waals surface area (Å²) in [6.07, 6.45) is 3.65. The maximum atomic E-state index is 14.1. The van der Waals surface area contributed by atoms with Crippen molar-refractivity contribution in [2.24, 2.45) is 0 Å². The molecule has 0 saturated heterocycles.